The number of aromatic nitrogens is 1. The molecule has 1 rings (SSSR count). The van der Waals surface area contributed by atoms with Gasteiger partial charge in [-0.3, -0.25) is 0 Å². The topological polar surface area (TPSA) is 22.1 Å². The summed E-state index contributed by atoms with van der Waals surface area (Å²) in [5, 5.41) is 0. The summed E-state index contributed by atoms with van der Waals surface area (Å²) < 4.78 is 40.0. The molecule has 0 unspecified atom stereocenters. The number of alkyl halides is 3. The van der Waals surface area contributed by atoms with E-state index in [2.05, 4.69) is 4.98 Å². The van der Waals surface area contributed by atoms with Crippen molar-refractivity contribution in [2.45, 2.75) is 19.5 Å². The second-order valence-electron chi connectivity index (χ2n) is 2.89. The van der Waals surface area contributed by atoms with E-state index in [1.54, 1.807) is 18.3 Å². The van der Waals surface area contributed by atoms with Crippen LogP contribution in [0.5, 0.6) is 5.88 Å². The van der Waals surface area contributed by atoms with E-state index >= 15 is 0 Å². The quantitative estimate of drug-likeness (QED) is 0.756. The molecule has 2 nitrogen and oxygen atoms in total. The van der Waals surface area contributed by atoms with Gasteiger partial charge in [-0.2, -0.15) is 13.2 Å². The first kappa shape index (κ1) is 10.8. The number of pyridine rings is 1. The fourth-order valence-corrected chi connectivity index (χ4v) is 0.811. The van der Waals surface area contributed by atoms with Crippen LogP contribution in [-0.2, 0) is 0 Å². The largest absolute Gasteiger partial charge is 0.477 e. The molecule has 0 aliphatic rings. The summed E-state index contributed by atoms with van der Waals surface area (Å²) in [5.74, 6) is 0.222. The molecule has 5 heteroatoms. The Labute approximate surface area is 79.7 Å². The summed E-state index contributed by atoms with van der Waals surface area (Å²) in [6, 6.07) is 3.28. The van der Waals surface area contributed by atoms with E-state index in [0.717, 1.165) is 5.56 Å². The van der Waals surface area contributed by atoms with Gasteiger partial charge in [-0.1, -0.05) is 6.07 Å². The van der Waals surface area contributed by atoms with Crippen molar-refractivity contribution in [3.05, 3.63) is 23.9 Å². The van der Waals surface area contributed by atoms with E-state index in [0.29, 0.717) is 0 Å². The predicted octanol–water partition coefficient (Wildman–Crippen LogP) is 2.72. The summed E-state index contributed by atoms with van der Waals surface area (Å²) in [5.41, 5.74) is 0.938. The molecule has 0 atom stereocenters. The molecule has 0 aliphatic heterocycles. The number of halogens is 3. The molecule has 1 heterocycles. The van der Waals surface area contributed by atoms with Gasteiger partial charge < -0.3 is 4.74 Å². The van der Waals surface area contributed by atoms with Gasteiger partial charge in [0.1, 0.15) is 0 Å². The van der Waals surface area contributed by atoms with Crippen LogP contribution < -0.4 is 4.74 Å². The van der Waals surface area contributed by atoms with Crippen molar-refractivity contribution in [3.8, 4) is 5.88 Å². The molecule has 78 valence electrons. The Morgan fingerprint density at radius 1 is 1.36 bits per heavy atom. The molecule has 0 fully saturated rings. The van der Waals surface area contributed by atoms with Crippen LogP contribution in [0.2, 0.25) is 0 Å². The Hall–Kier alpha value is -1.26. The molecule has 0 radical (unpaired) electrons. The summed E-state index contributed by atoms with van der Waals surface area (Å²) in [7, 11) is 0. The number of hydrogen-bond acceptors (Lipinski definition) is 2. The lowest BCUT2D eigenvalue weighted by molar-refractivity contribution is -0.139. The highest BCUT2D eigenvalue weighted by atomic mass is 19.4. The fraction of sp³-hybridized carbons (Fsp3) is 0.444. The third-order valence-corrected chi connectivity index (χ3v) is 1.52. The van der Waals surface area contributed by atoms with E-state index in [1.807, 2.05) is 6.92 Å². The van der Waals surface area contributed by atoms with Gasteiger partial charge in [0.15, 0.2) is 0 Å². The average molecular weight is 205 g/mol. The van der Waals surface area contributed by atoms with Gasteiger partial charge >= 0.3 is 6.18 Å². The van der Waals surface area contributed by atoms with Gasteiger partial charge in [0, 0.05) is 12.3 Å². The normalized spacial score (nSPS) is 11.4. The van der Waals surface area contributed by atoms with E-state index in [9.17, 15) is 13.2 Å². The minimum absolute atomic E-state index is 0.222. The molecule has 1 aromatic rings. The number of ether oxygens (including phenoxy) is 1. The third kappa shape index (κ3) is 4.11. The van der Waals surface area contributed by atoms with Gasteiger partial charge in [0.2, 0.25) is 5.88 Å². The van der Waals surface area contributed by atoms with Crippen LogP contribution in [0.4, 0.5) is 13.2 Å². The molecule has 0 saturated carbocycles. The minimum atomic E-state index is -4.18. The molecule has 0 spiro atoms. The van der Waals surface area contributed by atoms with E-state index in [1.165, 1.54) is 0 Å². The van der Waals surface area contributed by atoms with Crippen molar-refractivity contribution in [2.24, 2.45) is 0 Å². The Bertz CT molecular complexity index is 281. The first-order valence-electron chi connectivity index (χ1n) is 4.09. The maximum absolute atomic E-state index is 11.7. The zero-order chi connectivity index (χ0) is 10.6. The van der Waals surface area contributed by atoms with Crippen LogP contribution >= 0.6 is 0 Å². The van der Waals surface area contributed by atoms with Crippen LogP contribution in [0.15, 0.2) is 18.3 Å². The molecule has 14 heavy (non-hydrogen) atoms. The highest BCUT2D eigenvalue weighted by Gasteiger charge is 2.26. The lowest BCUT2D eigenvalue weighted by atomic mass is 10.3. The molecular formula is C9H10F3NO. The van der Waals surface area contributed by atoms with Crippen molar-refractivity contribution < 1.29 is 17.9 Å². The van der Waals surface area contributed by atoms with Crippen LogP contribution in [-0.4, -0.2) is 17.8 Å². The lowest BCUT2D eigenvalue weighted by Crippen LogP contribution is -2.13. The summed E-state index contributed by atoms with van der Waals surface area (Å²) in [4.78, 5) is 3.81. The molecule has 0 amide bonds. The van der Waals surface area contributed by atoms with Crippen LogP contribution in [0.25, 0.3) is 0 Å². The smallest absolute Gasteiger partial charge is 0.392 e. The summed E-state index contributed by atoms with van der Waals surface area (Å²) >= 11 is 0. The van der Waals surface area contributed by atoms with Gasteiger partial charge in [0.05, 0.1) is 13.0 Å². The predicted molar refractivity (Wildman–Crippen MR) is 45.1 cm³/mol. The Kier molecular flexibility index (Phi) is 3.33. The van der Waals surface area contributed by atoms with E-state index in [-0.39, 0.29) is 12.5 Å². The maximum atomic E-state index is 11.7. The van der Waals surface area contributed by atoms with Crippen LogP contribution in [0, 0.1) is 6.92 Å². The average Bonchev–Trinajstić information content (AvgIpc) is 2.06. The first-order chi connectivity index (χ1) is 6.47. The van der Waals surface area contributed by atoms with Gasteiger partial charge in [-0.15, -0.1) is 0 Å². The van der Waals surface area contributed by atoms with Crippen LogP contribution in [0.1, 0.15) is 12.0 Å². The molecule has 0 aliphatic carbocycles. The maximum Gasteiger partial charge on any atom is 0.392 e. The fourth-order valence-electron chi connectivity index (χ4n) is 0.811. The molecule has 0 bridgehead atoms. The Balaban J connectivity index is 2.35. The van der Waals surface area contributed by atoms with E-state index in [4.69, 9.17) is 4.74 Å². The lowest BCUT2D eigenvalue weighted by Gasteiger charge is -2.07. The van der Waals surface area contributed by atoms with E-state index < -0.39 is 12.6 Å². The van der Waals surface area contributed by atoms with Gasteiger partial charge in [0.25, 0.3) is 0 Å². The Morgan fingerprint density at radius 2 is 2.07 bits per heavy atom. The second kappa shape index (κ2) is 4.30. The molecule has 0 saturated heterocycles. The molecule has 1 aromatic heterocycles. The molecule has 0 N–H and O–H groups in total. The zero-order valence-electron chi connectivity index (χ0n) is 7.64. The number of nitrogens with zero attached hydrogens (tertiary/aromatic N) is 1. The third-order valence-electron chi connectivity index (χ3n) is 1.52. The number of aryl methyl sites for hydroxylation is 1. The molecular weight excluding hydrogens is 195 g/mol. The number of rotatable bonds is 3. The standard InChI is InChI=1S/C9H10F3NO/c1-7-2-3-8(13-6-7)14-5-4-9(10,11)12/h2-3,6H,4-5H2,1H3. The van der Waals surface area contributed by atoms with Crippen LogP contribution in [0.3, 0.4) is 0 Å². The van der Waals surface area contributed by atoms with Gasteiger partial charge in [-0.25, -0.2) is 4.98 Å². The van der Waals surface area contributed by atoms with Crippen molar-refractivity contribution >= 4 is 0 Å². The van der Waals surface area contributed by atoms with Crippen molar-refractivity contribution in [3.63, 3.8) is 0 Å². The first-order valence-corrected chi connectivity index (χ1v) is 4.09. The number of hydrogen-bond donors (Lipinski definition) is 0. The Morgan fingerprint density at radius 3 is 2.57 bits per heavy atom. The zero-order valence-corrected chi connectivity index (χ0v) is 7.64. The summed E-state index contributed by atoms with van der Waals surface area (Å²) in [6.45, 7) is 1.45. The van der Waals surface area contributed by atoms with Crippen molar-refractivity contribution in [1.82, 2.24) is 4.98 Å². The highest BCUT2D eigenvalue weighted by molar-refractivity contribution is 5.16. The minimum Gasteiger partial charge on any atom is -0.477 e. The van der Waals surface area contributed by atoms with Crippen molar-refractivity contribution in [1.29, 1.82) is 0 Å². The monoisotopic (exact) mass is 205 g/mol. The van der Waals surface area contributed by atoms with Gasteiger partial charge in [-0.05, 0) is 12.5 Å². The molecule has 0 aromatic carbocycles. The van der Waals surface area contributed by atoms with Crippen molar-refractivity contribution in [2.75, 3.05) is 6.61 Å². The summed E-state index contributed by atoms with van der Waals surface area (Å²) in [6.07, 6.45) is -3.59. The highest BCUT2D eigenvalue weighted by Crippen LogP contribution is 2.19. The second-order valence-corrected chi connectivity index (χ2v) is 2.89. The SMILES string of the molecule is Cc1ccc(OCCC(F)(F)F)nc1.